The molecule has 88 valence electrons. The second kappa shape index (κ2) is 6.13. The largest absolute Gasteiger partial charge is 0.336 e. The lowest BCUT2D eigenvalue weighted by Gasteiger charge is -2.36. The topological polar surface area (TPSA) is 32.3 Å². The number of amides is 1. The van der Waals surface area contributed by atoms with Gasteiger partial charge in [-0.2, -0.15) is 0 Å². The molecule has 1 saturated heterocycles. The van der Waals surface area contributed by atoms with Crippen LogP contribution in [-0.2, 0) is 4.79 Å². The third-order valence-corrected chi connectivity index (χ3v) is 2.62. The SMILES string of the molecule is C/C=C(/C)C(=O)N1CC(C)NC(C)C1.Cl. The van der Waals surface area contributed by atoms with Gasteiger partial charge >= 0.3 is 0 Å². The first kappa shape index (κ1) is 14.5. The van der Waals surface area contributed by atoms with Crippen molar-refractivity contribution in [1.29, 1.82) is 0 Å². The predicted octanol–water partition coefficient (Wildman–Crippen LogP) is 1.58. The molecule has 1 rings (SSSR count). The molecule has 1 aliphatic heterocycles. The standard InChI is InChI=1S/C11H20N2O.ClH/c1-5-8(2)11(14)13-6-9(3)12-10(4)7-13;/h5,9-10,12H,6-7H2,1-4H3;1H/b8-5-;. The Morgan fingerprint density at radius 1 is 1.33 bits per heavy atom. The summed E-state index contributed by atoms with van der Waals surface area (Å²) in [5, 5.41) is 3.41. The molecular formula is C11H21ClN2O. The first-order chi connectivity index (χ1) is 6.54. The Morgan fingerprint density at radius 2 is 1.80 bits per heavy atom. The van der Waals surface area contributed by atoms with E-state index in [0.717, 1.165) is 18.7 Å². The van der Waals surface area contributed by atoms with Crippen LogP contribution in [0.3, 0.4) is 0 Å². The molecule has 1 N–H and O–H groups in total. The molecule has 0 saturated carbocycles. The van der Waals surface area contributed by atoms with Crippen LogP contribution >= 0.6 is 12.4 Å². The van der Waals surface area contributed by atoms with Crippen LogP contribution in [0.2, 0.25) is 0 Å². The van der Waals surface area contributed by atoms with Crippen LogP contribution in [0.15, 0.2) is 11.6 Å². The molecule has 1 fully saturated rings. The quantitative estimate of drug-likeness (QED) is 0.697. The second-order valence-corrected chi connectivity index (χ2v) is 4.15. The van der Waals surface area contributed by atoms with Crippen LogP contribution in [0.25, 0.3) is 0 Å². The number of nitrogens with one attached hydrogen (secondary N) is 1. The second-order valence-electron chi connectivity index (χ2n) is 4.15. The third-order valence-electron chi connectivity index (χ3n) is 2.62. The Balaban J connectivity index is 0.00000196. The maximum atomic E-state index is 11.9. The number of piperazine rings is 1. The molecule has 1 aliphatic rings. The van der Waals surface area contributed by atoms with E-state index in [1.165, 1.54) is 0 Å². The third kappa shape index (κ3) is 3.84. The summed E-state index contributed by atoms with van der Waals surface area (Å²) >= 11 is 0. The summed E-state index contributed by atoms with van der Waals surface area (Å²) in [6.07, 6.45) is 1.87. The number of hydrogen-bond donors (Lipinski definition) is 1. The Hall–Kier alpha value is -0.540. The van der Waals surface area contributed by atoms with Crippen molar-refractivity contribution in [2.24, 2.45) is 0 Å². The van der Waals surface area contributed by atoms with E-state index in [1.807, 2.05) is 24.8 Å². The van der Waals surface area contributed by atoms with Gasteiger partial charge in [0.1, 0.15) is 0 Å². The van der Waals surface area contributed by atoms with E-state index < -0.39 is 0 Å². The summed E-state index contributed by atoms with van der Waals surface area (Å²) in [6.45, 7) is 9.63. The highest BCUT2D eigenvalue weighted by atomic mass is 35.5. The van der Waals surface area contributed by atoms with E-state index in [0.29, 0.717) is 12.1 Å². The highest BCUT2D eigenvalue weighted by molar-refractivity contribution is 5.92. The summed E-state index contributed by atoms with van der Waals surface area (Å²) in [6, 6.07) is 0.791. The molecule has 0 aromatic carbocycles. The van der Waals surface area contributed by atoms with Gasteiger partial charge in [0.15, 0.2) is 0 Å². The van der Waals surface area contributed by atoms with Gasteiger partial charge in [-0.15, -0.1) is 12.4 Å². The molecule has 0 aliphatic carbocycles. The molecule has 1 amide bonds. The number of carbonyl (C=O) groups excluding carboxylic acids is 1. The summed E-state index contributed by atoms with van der Waals surface area (Å²) in [5.41, 5.74) is 0.839. The minimum atomic E-state index is 0. The van der Waals surface area contributed by atoms with Crippen molar-refractivity contribution in [3.8, 4) is 0 Å². The van der Waals surface area contributed by atoms with Crippen LogP contribution in [0.4, 0.5) is 0 Å². The highest BCUT2D eigenvalue weighted by Crippen LogP contribution is 2.08. The number of halogens is 1. The molecule has 0 spiro atoms. The molecule has 0 bridgehead atoms. The molecule has 3 nitrogen and oxygen atoms in total. The molecule has 0 aromatic heterocycles. The van der Waals surface area contributed by atoms with Crippen molar-refractivity contribution in [3.05, 3.63) is 11.6 Å². The summed E-state index contributed by atoms with van der Waals surface area (Å²) in [4.78, 5) is 13.8. The van der Waals surface area contributed by atoms with Crippen LogP contribution in [0.1, 0.15) is 27.7 Å². The minimum Gasteiger partial charge on any atom is -0.336 e. The molecule has 4 heteroatoms. The van der Waals surface area contributed by atoms with Gasteiger partial charge in [-0.25, -0.2) is 0 Å². The van der Waals surface area contributed by atoms with Gasteiger partial charge in [0.2, 0.25) is 5.91 Å². The monoisotopic (exact) mass is 232 g/mol. The van der Waals surface area contributed by atoms with Crippen LogP contribution in [-0.4, -0.2) is 36.0 Å². The number of rotatable bonds is 1. The number of nitrogens with zero attached hydrogens (tertiary/aromatic N) is 1. The zero-order chi connectivity index (χ0) is 10.7. The van der Waals surface area contributed by atoms with Gasteiger partial charge < -0.3 is 10.2 Å². The Labute approximate surface area is 98.3 Å². The van der Waals surface area contributed by atoms with Crippen LogP contribution < -0.4 is 5.32 Å². The maximum absolute atomic E-state index is 11.9. The first-order valence-corrected chi connectivity index (χ1v) is 5.22. The fourth-order valence-corrected chi connectivity index (χ4v) is 1.87. The van der Waals surface area contributed by atoms with E-state index in [1.54, 1.807) is 0 Å². The van der Waals surface area contributed by atoms with Crippen molar-refractivity contribution in [2.45, 2.75) is 39.8 Å². The zero-order valence-corrected chi connectivity index (χ0v) is 10.7. The van der Waals surface area contributed by atoms with Gasteiger partial charge in [-0.1, -0.05) is 6.08 Å². The van der Waals surface area contributed by atoms with E-state index in [4.69, 9.17) is 0 Å². The van der Waals surface area contributed by atoms with Crippen molar-refractivity contribution in [1.82, 2.24) is 10.2 Å². The van der Waals surface area contributed by atoms with E-state index in [-0.39, 0.29) is 18.3 Å². The summed E-state index contributed by atoms with van der Waals surface area (Å²) in [5.74, 6) is 0.174. The van der Waals surface area contributed by atoms with Gasteiger partial charge in [0.05, 0.1) is 0 Å². The van der Waals surface area contributed by atoms with E-state index in [2.05, 4.69) is 19.2 Å². The number of carbonyl (C=O) groups is 1. The van der Waals surface area contributed by atoms with Gasteiger partial charge in [-0.05, 0) is 27.7 Å². The smallest absolute Gasteiger partial charge is 0.249 e. The fraction of sp³-hybridized carbons (Fsp3) is 0.727. The molecule has 0 radical (unpaired) electrons. The van der Waals surface area contributed by atoms with Crippen molar-refractivity contribution < 1.29 is 4.79 Å². The van der Waals surface area contributed by atoms with Crippen LogP contribution in [0.5, 0.6) is 0 Å². The molecule has 2 atom stereocenters. The van der Waals surface area contributed by atoms with E-state index in [9.17, 15) is 4.79 Å². The lowest BCUT2D eigenvalue weighted by molar-refractivity contribution is -0.128. The summed E-state index contributed by atoms with van der Waals surface area (Å²) < 4.78 is 0. The average Bonchev–Trinajstić information content (AvgIpc) is 2.14. The zero-order valence-electron chi connectivity index (χ0n) is 9.91. The predicted molar refractivity (Wildman–Crippen MR) is 65.3 cm³/mol. The van der Waals surface area contributed by atoms with Gasteiger partial charge in [0, 0.05) is 30.7 Å². The highest BCUT2D eigenvalue weighted by Gasteiger charge is 2.24. The molecule has 0 aromatic rings. The molecule has 1 heterocycles. The van der Waals surface area contributed by atoms with Crippen molar-refractivity contribution in [3.63, 3.8) is 0 Å². The van der Waals surface area contributed by atoms with Crippen molar-refractivity contribution in [2.75, 3.05) is 13.1 Å². The Morgan fingerprint density at radius 3 is 2.20 bits per heavy atom. The number of hydrogen-bond acceptors (Lipinski definition) is 2. The molecule has 15 heavy (non-hydrogen) atoms. The normalized spacial score (nSPS) is 27.2. The molecular weight excluding hydrogens is 212 g/mol. The van der Waals surface area contributed by atoms with Crippen LogP contribution in [0, 0.1) is 0 Å². The first-order valence-electron chi connectivity index (χ1n) is 5.22. The lowest BCUT2D eigenvalue weighted by atomic mass is 10.1. The van der Waals surface area contributed by atoms with Gasteiger partial charge in [0.25, 0.3) is 0 Å². The Bertz CT molecular complexity index is 243. The molecule has 2 unspecified atom stereocenters. The minimum absolute atomic E-state index is 0. The summed E-state index contributed by atoms with van der Waals surface area (Å²) in [7, 11) is 0. The van der Waals surface area contributed by atoms with E-state index >= 15 is 0 Å². The number of allylic oxidation sites excluding steroid dienone is 1. The van der Waals surface area contributed by atoms with Gasteiger partial charge in [-0.3, -0.25) is 4.79 Å². The van der Waals surface area contributed by atoms with Crippen molar-refractivity contribution >= 4 is 18.3 Å². The maximum Gasteiger partial charge on any atom is 0.249 e. The Kier molecular flexibility index (Phi) is 5.91. The fourth-order valence-electron chi connectivity index (χ4n) is 1.87. The lowest BCUT2D eigenvalue weighted by Crippen LogP contribution is -2.56. The average molecular weight is 233 g/mol.